The average Bonchev–Trinajstić information content (AvgIpc) is 2.94. The van der Waals surface area contributed by atoms with E-state index in [1.54, 1.807) is 28.7 Å². The maximum Gasteiger partial charge on any atom is 0.123 e. The number of hydrogen-bond donors (Lipinski definition) is 1. The van der Waals surface area contributed by atoms with Crippen LogP contribution in [0.3, 0.4) is 0 Å². The Bertz CT molecular complexity index is 685. The highest BCUT2D eigenvalue weighted by Crippen LogP contribution is 2.34. The third-order valence-electron chi connectivity index (χ3n) is 3.21. The number of hydrogen-bond acceptors (Lipinski definition) is 3. The van der Waals surface area contributed by atoms with Crippen molar-refractivity contribution in [2.24, 2.45) is 0 Å². The van der Waals surface area contributed by atoms with Crippen LogP contribution in [0.4, 0.5) is 4.39 Å². The van der Waals surface area contributed by atoms with Gasteiger partial charge in [-0.05, 0) is 47.7 Å². The third-order valence-corrected chi connectivity index (χ3v) is 5.41. The first-order valence-corrected chi connectivity index (χ1v) is 7.73. The van der Waals surface area contributed by atoms with E-state index in [0.717, 1.165) is 16.0 Å². The normalized spacial score (nSPS) is 13.0. The Morgan fingerprint density at radius 2 is 2.05 bits per heavy atom. The number of benzene rings is 1. The van der Waals surface area contributed by atoms with Crippen LogP contribution in [0, 0.1) is 12.7 Å². The Morgan fingerprint density at radius 3 is 2.84 bits per heavy atom. The molecule has 98 valence electrons. The molecule has 3 rings (SSSR count). The van der Waals surface area contributed by atoms with Crippen molar-refractivity contribution in [3.8, 4) is 0 Å². The molecule has 0 fully saturated rings. The predicted octanol–water partition coefficient (Wildman–Crippen LogP) is 4.69. The molecule has 1 aromatic carbocycles. The van der Waals surface area contributed by atoms with Gasteiger partial charge in [-0.25, -0.2) is 4.39 Å². The van der Waals surface area contributed by atoms with E-state index in [1.807, 2.05) is 18.4 Å². The van der Waals surface area contributed by atoms with Crippen molar-refractivity contribution >= 4 is 32.1 Å². The van der Waals surface area contributed by atoms with Crippen molar-refractivity contribution < 1.29 is 9.50 Å². The van der Waals surface area contributed by atoms with Gasteiger partial charge in [0.2, 0.25) is 0 Å². The molecule has 0 bridgehead atoms. The van der Waals surface area contributed by atoms with Crippen LogP contribution in [0.25, 0.3) is 9.40 Å². The molecule has 2 heterocycles. The summed E-state index contributed by atoms with van der Waals surface area (Å²) in [7, 11) is 0. The number of rotatable bonds is 3. The zero-order chi connectivity index (χ0) is 13.4. The van der Waals surface area contributed by atoms with Crippen LogP contribution in [0.1, 0.15) is 22.1 Å². The SMILES string of the molecule is Cc1ccc(F)cc1CC(O)c1cc2sccc2s1. The van der Waals surface area contributed by atoms with E-state index in [1.165, 1.54) is 21.5 Å². The first-order valence-electron chi connectivity index (χ1n) is 6.03. The van der Waals surface area contributed by atoms with Crippen LogP contribution in [0.5, 0.6) is 0 Å². The van der Waals surface area contributed by atoms with Crippen molar-refractivity contribution in [3.05, 3.63) is 57.5 Å². The summed E-state index contributed by atoms with van der Waals surface area (Å²) in [5, 5.41) is 12.4. The third kappa shape index (κ3) is 2.56. The molecule has 0 aliphatic carbocycles. The van der Waals surface area contributed by atoms with Crippen molar-refractivity contribution in [2.75, 3.05) is 0 Å². The van der Waals surface area contributed by atoms with Crippen LogP contribution < -0.4 is 0 Å². The molecule has 0 radical (unpaired) electrons. The minimum atomic E-state index is -0.565. The second-order valence-electron chi connectivity index (χ2n) is 4.59. The molecule has 4 heteroatoms. The maximum absolute atomic E-state index is 13.2. The van der Waals surface area contributed by atoms with Gasteiger partial charge in [-0.15, -0.1) is 22.7 Å². The Labute approximate surface area is 119 Å². The zero-order valence-corrected chi connectivity index (χ0v) is 12.0. The van der Waals surface area contributed by atoms with Gasteiger partial charge in [0.15, 0.2) is 0 Å². The quantitative estimate of drug-likeness (QED) is 0.742. The minimum Gasteiger partial charge on any atom is -0.387 e. The number of halogens is 1. The predicted molar refractivity (Wildman–Crippen MR) is 79.5 cm³/mol. The highest BCUT2D eigenvalue weighted by Gasteiger charge is 2.14. The highest BCUT2D eigenvalue weighted by atomic mass is 32.1. The molecule has 0 spiro atoms. The highest BCUT2D eigenvalue weighted by molar-refractivity contribution is 7.26. The summed E-state index contributed by atoms with van der Waals surface area (Å²) < 4.78 is 15.6. The lowest BCUT2D eigenvalue weighted by molar-refractivity contribution is 0.182. The average molecular weight is 292 g/mol. The molecular formula is C15H13FOS2. The van der Waals surface area contributed by atoms with Crippen molar-refractivity contribution in [1.82, 2.24) is 0 Å². The van der Waals surface area contributed by atoms with Gasteiger partial charge in [-0.2, -0.15) is 0 Å². The lowest BCUT2D eigenvalue weighted by Gasteiger charge is -2.11. The van der Waals surface area contributed by atoms with Gasteiger partial charge in [0.05, 0.1) is 6.10 Å². The lowest BCUT2D eigenvalue weighted by atomic mass is 10.0. The van der Waals surface area contributed by atoms with E-state index in [2.05, 4.69) is 6.07 Å². The van der Waals surface area contributed by atoms with E-state index < -0.39 is 6.10 Å². The summed E-state index contributed by atoms with van der Waals surface area (Å²) in [5.41, 5.74) is 1.88. The molecule has 0 aliphatic rings. The van der Waals surface area contributed by atoms with Gasteiger partial charge in [0, 0.05) is 20.7 Å². The molecule has 3 aromatic rings. The Morgan fingerprint density at radius 1 is 1.21 bits per heavy atom. The van der Waals surface area contributed by atoms with Gasteiger partial charge in [0.25, 0.3) is 0 Å². The van der Waals surface area contributed by atoms with Crippen LogP contribution in [0.2, 0.25) is 0 Å². The Kier molecular flexibility index (Phi) is 3.39. The van der Waals surface area contributed by atoms with E-state index in [4.69, 9.17) is 0 Å². The lowest BCUT2D eigenvalue weighted by Crippen LogP contribution is -2.01. The monoisotopic (exact) mass is 292 g/mol. The largest absolute Gasteiger partial charge is 0.387 e. The van der Waals surface area contributed by atoms with Crippen LogP contribution in [0.15, 0.2) is 35.7 Å². The van der Waals surface area contributed by atoms with Gasteiger partial charge in [-0.1, -0.05) is 6.07 Å². The number of aryl methyl sites for hydroxylation is 1. The second kappa shape index (κ2) is 5.04. The van der Waals surface area contributed by atoms with Gasteiger partial charge in [0.1, 0.15) is 5.82 Å². The second-order valence-corrected chi connectivity index (χ2v) is 6.65. The van der Waals surface area contributed by atoms with E-state index in [9.17, 15) is 9.50 Å². The number of aliphatic hydroxyl groups is 1. The molecule has 1 N–H and O–H groups in total. The molecule has 0 aliphatic heterocycles. The summed E-state index contributed by atoms with van der Waals surface area (Å²) in [5.74, 6) is -0.250. The van der Waals surface area contributed by atoms with Crippen molar-refractivity contribution in [1.29, 1.82) is 0 Å². The number of thiophene rings is 2. The summed E-state index contributed by atoms with van der Waals surface area (Å²) >= 11 is 3.28. The summed E-state index contributed by atoms with van der Waals surface area (Å²) in [4.78, 5) is 0.950. The smallest absolute Gasteiger partial charge is 0.123 e. The van der Waals surface area contributed by atoms with Crippen LogP contribution in [-0.2, 0) is 6.42 Å². The molecular weight excluding hydrogens is 279 g/mol. The first-order chi connectivity index (χ1) is 9.13. The molecule has 1 nitrogen and oxygen atoms in total. The molecule has 0 saturated carbocycles. The molecule has 1 atom stereocenters. The number of fused-ring (bicyclic) bond motifs is 1. The topological polar surface area (TPSA) is 20.2 Å². The summed E-state index contributed by atoms with van der Waals surface area (Å²) in [6.07, 6.45) is -0.109. The summed E-state index contributed by atoms with van der Waals surface area (Å²) in [6, 6.07) is 8.81. The first kappa shape index (κ1) is 12.8. The maximum atomic E-state index is 13.2. The Balaban J connectivity index is 1.86. The van der Waals surface area contributed by atoms with Gasteiger partial charge < -0.3 is 5.11 Å². The minimum absolute atomic E-state index is 0.250. The molecule has 19 heavy (non-hydrogen) atoms. The standard InChI is InChI=1S/C15H13FOS2/c1-9-2-3-11(16)6-10(9)7-12(17)14-8-15-13(19-14)4-5-18-15/h2-6,8,12,17H,7H2,1H3. The zero-order valence-electron chi connectivity index (χ0n) is 10.4. The van der Waals surface area contributed by atoms with E-state index in [0.29, 0.717) is 6.42 Å². The fourth-order valence-electron chi connectivity index (χ4n) is 2.12. The van der Waals surface area contributed by atoms with Crippen LogP contribution in [-0.4, -0.2) is 5.11 Å². The van der Waals surface area contributed by atoms with Crippen LogP contribution >= 0.6 is 22.7 Å². The number of aliphatic hydroxyl groups excluding tert-OH is 1. The summed E-state index contributed by atoms with van der Waals surface area (Å²) in [6.45, 7) is 1.94. The van der Waals surface area contributed by atoms with Gasteiger partial charge in [-0.3, -0.25) is 0 Å². The Hall–Kier alpha value is -1.23. The van der Waals surface area contributed by atoms with E-state index in [-0.39, 0.29) is 5.82 Å². The van der Waals surface area contributed by atoms with Gasteiger partial charge >= 0.3 is 0 Å². The van der Waals surface area contributed by atoms with Crippen molar-refractivity contribution in [2.45, 2.75) is 19.4 Å². The fraction of sp³-hybridized carbons (Fsp3) is 0.200. The van der Waals surface area contributed by atoms with Crippen molar-refractivity contribution in [3.63, 3.8) is 0 Å². The molecule has 2 aromatic heterocycles. The van der Waals surface area contributed by atoms with E-state index >= 15 is 0 Å². The molecule has 1 unspecified atom stereocenters. The molecule has 0 saturated heterocycles. The molecule has 0 amide bonds. The fourth-order valence-corrected chi connectivity index (χ4v) is 4.22.